The summed E-state index contributed by atoms with van der Waals surface area (Å²) in [5.41, 5.74) is 2.88. The molecule has 2 aromatic carbocycles. The van der Waals surface area contributed by atoms with Gasteiger partial charge in [0.15, 0.2) is 5.16 Å². The molecule has 5 nitrogen and oxygen atoms in total. The monoisotopic (exact) mass is 407 g/mol. The molecule has 0 fully saturated rings. The average molecular weight is 408 g/mol. The molecule has 0 aliphatic carbocycles. The molecule has 0 radical (unpaired) electrons. The number of aromatic nitrogens is 2. The van der Waals surface area contributed by atoms with Gasteiger partial charge >= 0.3 is 0 Å². The summed E-state index contributed by atoms with van der Waals surface area (Å²) in [4.78, 5) is 17.8. The molecule has 1 heterocycles. The van der Waals surface area contributed by atoms with Crippen LogP contribution in [0.2, 0.25) is 0 Å². The highest BCUT2D eigenvalue weighted by Crippen LogP contribution is 2.25. The Morgan fingerprint density at radius 2 is 1.97 bits per heavy atom. The number of para-hydroxylation sites is 1. The Kier molecular flexibility index (Phi) is 7.45. The minimum Gasteiger partial charge on any atom is -0.382 e. The molecular formula is C23H25N3O2S. The number of nitriles is 1. The Bertz CT molecular complexity index is 1050. The first-order valence-electron chi connectivity index (χ1n) is 9.81. The van der Waals surface area contributed by atoms with E-state index in [1.54, 1.807) is 10.6 Å². The topological polar surface area (TPSA) is 67.9 Å². The second-order valence-corrected chi connectivity index (χ2v) is 8.01. The predicted molar refractivity (Wildman–Crippen MR) is 117 cm³/mol. The minimum absolute atomic E-state index is 0.0679. The van der Waals surface area contributed by atoms with Crippen LogP contribution in [0.1, 0.15) is 24.5 Å². The summed E-state index contributed by atoms with van der Waals surface area (Å²) < 4.78 is 7.10. The number of rotatable bonds is 9. The second-order valence-electron chi connectivity index (χ2n) is 6.84. The van der Waals surface area contributed by atoms with Gasteiger partial charge in [0.1, 0.15) is 5.25 Å². The molecule has 0 N–H and O–H groups in total. The lowest BCUT2D eigenvalue weighted by Crippen LogP contribution is -2.25. The third-order valence-corrected chi connectivity index (χ3v) is 5.71. The van der Waals surface area contributed by atoms with E-state index >= 15 is 0 Å². The van der Waals surface area contributed by atoms with Gasteiger partial charge in [-0.3, -0.25) is 9.36 Å². The van der Waals surface area contributed by atoms with E-state index in [1.807, 2.05) is 56.3 Å². The smallest absolute Gasteiger partial charge is 0.262 e. The number of hydrogen-bond donors (Lipinski definition) is 0. The van der Waals surface area contributed by atoms with Crippen LogP contribution in [0.15, 0.2) is 58.5 Å². The van der Waals surface area contributed by atoms with E-state index in [0.717, 1.165) is 12.0 Å². The molecular weight excluding hydrogens is 382 g/mol. The molecule has 3 aromatic rings. The van der Waals surface area contributed by atoms with Gasteiger partial charge in [0.05, 0.1) is 17.0 Å². The van der Waals surface area contributed by atoms with E-state index < -0.39 is 0 Å². The van der Waals surface area contributed by atoms with Crippen LogP contribution in [0.25, 0.3) is 10.9 Å². The Balaban J connectivity index is 1.89. The molecule has 0 spiro atoms. The first kappa shape index (κ1) is 21.1. The lowest BCUT2D eigenvalue weighted by molar-refractivity contribution is 0.140. The van der Waals surface area contributed by atoms with Crippen LogP contribution in [-0.4, -0.2) is 28.0 Å². The normalized spacial score (nSPS) is 12.0. The standard InChI is InChI=1S/C23H25N3O2S/c1-3-28-14-6-13-26-22(27)20-7-4-5-8-21(20)25-23(26)29-19(16-24)15-18-11-9-17(2)10-12-18/h4-5,7-12,19H,3,6,13-15H2,1-2H3/t19-/m1/s1. The molecule has 0 aliphatic rings. The van der Waals surface area contributed by atoms with Gasteiger partial charge in [0, 0.05) is 19.8 Å². The SMILES string of the molecule is CCOCCCn1c(S[C@@H](C#N)Cc2ccc(C)cc2)nc2ccccc2c1=O. The molecule has 0 aliphatic heterocycles. The van der Waals surface area contributed by atoms with Gasteiger partial charge in [0.25, 0.3) is 5.56 Å². The van der Waals surface area contributed by atoms with Gasteiger partial charge in [-0.25, -0.2) is 4.98 Å². The molecule has 0 saturated heterocycles. The van der Waals surface area contributed by atoms with Gasteiger partial charge in [-0.15, -0.1) is 0 Å². The van der Waals surface area contributed by atoms with Gasteiger partial charge < -0.3 is 4.74 Å². The van der Waals surface area contributed by atoms with Crippen molar-refractivity contribution in [3.05, 3.63) is 70.0 Å². The lowest BCUT2D eigenvalue weighted by Gasteiger charge is -2.15. The number of aryl methyl sites for hydroxylation is 1. The van der Waals surface area contributed by atoms with Crippen LogP contribution in [0.5, 0.6) is 0 Å². The Hall–Kier alpha value is -2.62. The van der Waals surface area contributed by atoms with E-state index in [-0.39, 0.29) is 10.8 Å². The molecule has 0 amide bonds. The Morgan fingerprint density at radius 3 is 2.69 bits per heavy atom. The maximum Gasteiger partial charge on any atom is 0.262 e. The number of benzene rings is 2. The molecule has 150 valence electrons. The zero-order valence-electron chi connectivity index (χ0n) is 16.8. The van der Waals surface area contributed by atoms with E-state index in [0.29, 0.717) is 42.2 Å². The largest absolute Gasteiger partial charge is 0.382 e. The molecule has 6 heteroatoms. The van der Waals surface area contributed by atoms with Gasteiger partial charge in [0.2, 0.25) is 0 Å². The maximum absolute atomic E-state index is 13.1. The van der Waals surface area contributed by atoms with E-state index in [2.05, 4.69) is 6.07 Å². The third kappa shape index (κ3) is 5.47. The van der Waals surface area contributed by atoms with E-state index in [9.17, 15) is 10.1 Å². The van der Waals surface area contributed by atoms with Gasteiger partial charge in [-0.1, -0.05) is 53.7 Å². The highest BCUT2D eigenvalue weighted by Gasteiger charge is 2.17. The zero-order valence-corrected chi connectivity index (χ0v) is 17.6. The van der Waals surface area contributed by atoms with Crippen molar-refractivity contribution < 1.29 is 4.74 Å². The lowest BCUT2D eigenvalue weighted by atomic mass is 10.1. The molecule has 1 aromatic heterocycles. The third-order valence-electron chi connectivity index (χ3n) is 4.63. The van der Waals surface area contributed by atoms with Crippen LogP contribution < -0.4 is 5.56 Å². The molecule has 1 atom stereocenters. The van der Waals surface area contributed by atoms with Crippen molar-refractivity contribution in [3.8, 4) is 6.07 Å². The molecule has 3 rings (SSSR count). The first-order valence-corrected chi connectivity index (χ1v) is 10.7. The number of hydrogen-bond acceptors (Lipinski definition) is 5. The van der Waals surface area contributed by atoms with Crippen LogP contribution in [-0.2, 0) is 17.7 Å². The predicted octanol–water partition coefficient (Wildman–Crippen LogP) is 4.36. The highest BCUT2D eigenvalue weighted by molar-refractivity contribution is 8.00. The van der Waals surface area contributed by atoms with Crippen molar-refractivity contribution in [2.45, 2.75) is 43.6 Å². The fourth-order valence-electron chi connectivity index (χ4n) is 3.08. The van der Waals surface area contributed by atoms with E-state index in [1.165, 1.54) is 17.3 Å². The Labute approximate surface area is 175 Å². The van der Waals surface area contributed by atoms with E-state index in [4.69, 9.17) is 9.72 Å². The Morgan fingerprint density at radius 1 is 1.21 bits per heavy atom. The summed E-state index contributed by atoms with van der Waals surface area (Å²) in [5.74, 6) is 0. The van der Waals surface area contributed by atoms with Gasteiger partial charge in [-0.2, -0.15) is 5.26 Å². The molecule has 29 heavy (non-hydrogen) atoms. The number of thioether (sulfide) groups is 1. The fourth-order valence-corrected chi connectivity index (χ4v) is 4.12. The van der Waals surface area contributed by atoms with Crippen LogP contribution in [0, 0.1) is 18.3 Å². The van der Waals surface area contributed by atoms with Crippen molar-refractivity contribution in [3.63, 3.8) is 0 Å². The van der Waals surface area contributed by atoms with Crippen molar-refractivity contribution in [2.24, 2.45) is 0 Å². The summed E-state index contributed by atoms with van der Waals surface area (Å²) >= 11 is 1.36. The number of nitrogens with zero attached hydrogens (tertiary/aromatic N) is 3. The van der Waals surface area contributed by atoms with Crippen LogP contribution >= 0.6 is 11.8 Å². The quantitative estimate of drug-likeness (QED) is 0.299. The van der Waals surface area contributed by atoms with Crippen LogP contribution in [0.3, 0.4) is 0 Å². The second kappa shape index (κ2) is 10.2. The zero-order chi connectivity index (χ0) is 20.6. The average Bonchev–Trinajstić information content (AvgIpc) is 2.74. The van der Waals surface area contributed by atoms with Crippen molar-refractivity contribution in [1.29, 1.82) is 5.26 Å². The summed E-state index contributed by atoms with van der Waals surface area (Å²) in [5, 5.41) is 10.6. The summed E-state index contributed by atoms with van der Waals surface area (Å²) in [6.07, 6.45) is 1.32. The number of ether oxygens (including phenoxy) is 1. The maximum atomic E-state index is 13.1. The first-order chi connectivity index (χ1) is 14.1. The summed E-state index contributed by atoms with van der Waals surface area (Å²) in [6.45, 7) is 5.75. The van der Waals surface area contributed by atoms with Crippen molar-refractivity contribution in [1.82, 2.24) is 9.55 Å². The van der Waals surface area contributed by atoms with Gasteiger partial charge in [-0.05, 0) is 44.4 Å². The summed E-state index contributed by atoms with van der Waals surface area (Å²) in [6, 6.07) is 17.9. The molecule has 0 unspecified atom stereocenters. The minimum atomic E-state index is -0.330. The molecule has 0 saturated carbocycles. The fraction of sp³-hybridized carbons (Fsp3) is 0.348. The van der Waals surface area contributed by atoms with Crippen LogP contribution in [0.4, 0.5) is 0 Å². The van der Waals surface area contributed by atoms with Crippen molar-refractivity contribution in [2.75, 3.05) is 13.2 Å². The highest BCUT2D eigenvalue weighted by atomic mass is 32.2. The summed E-state index contributed by atoms with van der Waals surface area (Å²) in [7, 11) is 0. The number of fused-ring (bicyclic) bond motifs is 1. The molecule has 0 bridgehead atoms. The van der Waals surface area contributed by atoms with Crippen molar-refractivity contribution >= 4 is 22.7 Å².